The Morgan fingerprint density at radius 2 is 1.68 bits per heavy atom. The number of nitrogens with one attached hydrogen (secondary N) is 1. The van der Waals surface area contributed by atoms with Crippen LogP contribution in [0.25, 0.3) is 21.8 Å². The second-order valence-electron chi connectivity index (χ2n) is 5.67. The van der Waals surface area contributed by atoms with E-state index in [1.165, 1.54) is 33.0 Å². The molecule has 0 spiro atoms. The van der Waals surface area contributed by atoms with Crippen LogP contribution >= 0.6 is 0 Å². The van der Waals surface area contributed by atoms with Crippen LogP contribution in [-0.2, 0) is 7.05 Å². The maximum Gasteiger partial charge on any atom is 0.0708 e. The summed E-state index contributed by atoms with van der Waals surface area (Å²) in [5.41, 5.74) is 6.25. The van der Waals surface area contributed by atoms with Gasteiger partial charge in [-0.2, -0.15) is 10.2 Å². The van der Waals surface area contributed by atoms with Gasteiger partial charge >= 0.3 is 0 Å². The second-order valence-corrected chi connectivity index (χ2v) is 5.67. The molecule has 0 saturated heterocycles. The third-order valence-electron chi connectivity index (χ3n) is 4.02. The van der Waals surface area contributed by atoms with Crippen LogP contribution in [0.2, 0.25) is 0 Å². The molecule has 0 aliphatic rings. The van der Waals surface area contributed by atoms with E-state index in [1.54, 1.807) is 0 Å². The number of hydrogen-bond acceptors (Lipinski definition) is 2. The van der Waals surface area contributed by atoms with Crippen molar-refractivity contribution < 1.29 is 0 Å². The summed E-state index contributed by atoms with van der Waals surface area (Å²) in [4.78, 5) is 0. The van der Waals surface area contributed by atoms with Crippen molar-refractivity contribution in [2.45, 2.75) is 20.8 Å². The number of fused-ring (bicyclic) bond motifs is 2. The summed E-state index contributed by atoms with van der Waals surface area (Å²) in [5, 5.41) is 13.5. The molecule has 22 heavy (non-hydrogen) atoms. The summed E-state index contributed by atoms with van der Waals surface area (Å²) in [6.07, 6.45) is 3.74. The highest BCUT2D eigenvalue weighted by Gasteiger charge is 1.99. The lowest BCUT2D eigenvalue weighted by Gasteiger charge is -1.97. The third kappa shape index (κ3) is 2.60. The number of aromatic amines is 1. The van der Waals surface area contributed by atoms with E-state index in [0.29, 0.717) is 0 Å². The summed E-state index contributed by atoms with van der Waals surface area (Å²) in [6.45, 7) is 6.32. The molecular formula is C18H20N4. The number of H-pyrrole nitrogens is 1. The summed E-state index contributed by atoms with van der Waals surface area (Å²) in [5.74, 6) is 0. The molecule has 4 rings (SSSR count). The van der Waals surface area contributed by atoms with Gasteiger partial charge in [0.25, 0.3) is 0 Å². The van der Waals surface area contributed by atoms with E-state index in [9.17, 15) is 0 Å². The summed E-state index contributed by atoms with van der Waals surface area (Å²) < 4.78 is 1.91. The van der Waals surface area contributed by atoms with Gasteiger partial charge in [0.1, 0.15) is 0 Å². The average Bonchev–Trinajstić information content (AvgIpc) is 3.08. The van der Waals surface area contributed by atoms with Gasteiger partial charge < -0.3 is 0 Å². The lowest BCUT2D eigenvalue weighted by molar-refractivity contribution is 0.794. The third-order valence-corrected chi connectivity index (χ3v) is 4.02. The highest BCUT2D eigenvalue weighted by Crippen LogP contribution is 2.16. The minimum Gasteiger partial charge on any atom is -0.278 e. The average molecular weight is 292 g/mol. The molecular weight excluding hydrogens is 272 g/mol. The minimum atomic E-state index is 1.12. The first-order valence-electron chi connectivity index (χ1n) is 7.34. The van der Waals surface area contributed by atoms with Gasteiger partial charge in [0.2, 0.25) is 0 Å². The molecule has 0 aliphatic heterocycles. The molecule has 0 bridgehead atoms. The fraction of sp³-hybridized carbons (Fsp3) is 0.222. The predicted molar refractivity (Wildman–Crippen MR) is 91.0 cm³/mol. The van der Waals surface area contributed by atoms with Crippen LogP contribution < -0.4 is 0 Å². The number of rotatable bonds is 0. The quantitative estimate of drug-likeness (QED) is 0.531. The molecule has 1 N–H and O–H groups in total. The first-order chi connectivity index (χ1) is 10.6. The molecule has 4 nitrogen and oxygen atoms in total. The van der Waals surface area contributed by atoms with Crippen molar-refractivity contribution in [2.24, 2.45) is 7.05 Å². The molecule has 0 aliphatic carbocycles. The largest absolute Gasteiger partial charge is 0.278 e. The van der Waals surface area contributed by atoms with E-state index in [2.05, 4.69) is 66.4 Å². The molecule has 0 unspecified atom stereocenters. The normalized spacial score (nSPS) is 10.7. The highest BCUT2D eigenvalue weighted by molar-refractivity contribution is 5.81. The number of para-hydroxylation sites is 1. The molecule has 2 aromatic carbocycles. The van der Waals surface area contributed by atoms with Crippen LogP contribution in [0.4, 0.5) is 0 Å². The van der Waals surface area contributed by atoms with Gasteiger partial charge in [-0.05, 0) is 49.6 Å². The molecule has 2 aromatic heterocycles. The smallest absolute Gasteiger partial charge is 0.0708 e. The minimum absolute atomic E-state index is 1.12. The maximum absolute atomic E-state index is 4.17. The molecule has 0 fully saturated rings. The second kappa shape index (κ2) is 5.64. The van der Waals surface area contributed by atoms with Crippen molar-refractivity contribution in [3.63, 3.8) is 0 Å². The van der Waals surface area contributed by atoms with Gasteiger partial charge in [-0.25, -0.2) is 0 Å². The van der Waals surface area contributed by atoms with E-state index in [-0.39, 0.29) is 0 Å². The summed E-state index contributed by atoms with van der Waals surface area (Å²) >= 11 is 0. The molecule has 0 amide bonds. The topological polar surface area (TPSA) is 46.5 Å². The van der Waals surface area contributed by atoms with Gasteiger partial charge in [0, 0.05) is 17.8 Å². The van der Waals surface area contributed by atoms with Gasteiger partial charge in [-0.1, -0.05) is 18.2 Å². The van der Waals surface area contributed by atoms with Crippen molar-refractivity contribution >= 4 is 21.8 Å². The van der Waals surface area contributed by atoms with Crippen molar-refractivity contribution in [3.8, 4) is 0 Å². The van der Waals surface area contributed by atoms with Crippen LogP contribution in [0.15, 0.2) is 42.7 Å². The Hall–Kier alpha value is -2.62. The van der Waals surface area contributed by atoms with Crippen LogP contribution in [-0.4, -0.2) is 20.0 Å². The Morgan fingerprint density at radius 1 is 0.909 bits per heavy atom. The number of hydrogen-bond donors (Lipinski definition) is 1. The van der Waals surface area contributed by atoms with Crippen LogP contribution in [0.1, 0.15) is 16.7 Å². The fourth-order valence-corrected chi connectivity index (χ4v) is 2.65. The SMILES string of the molecule is Cc1cc2cn[nH]c2cc1C.Cc1cccc2cnn(C)c12. The van der Waals surface area contributed by atoms with Crippen molar-refractivity contribution in [1.29, 1.82) is 0 Å². The van der Waals surface area contributed by atoms with Crippen LogP contribution in [0, 0.1) is 20.8 Å². The molecule has 2 heterocycles. The number of nitrogens with zero attached hydrogens (tertiary/aromatic N) is 3. The van der Waals surface area contributed by atoms with E-state index < -0.39 is 0 Å². The molecule has 4 aromatic rings. The fourth-order valence-electron chi connectivity index (χ4n) is 2.65. The number of aryl methyl sites for hydroxylation is 4. The Bertz CT molecular complexity index is 895. The lowest BCUT2D eigenvalue weighted by atomic mass is 10.1. The Labute approximate surface area is 129 Å². The summed E-state index contributed by atoms with van der Waals surface area (Å²) in [7, 11) is 1.97. The number of aromatic nitrogens is 4. The van der Waals surface area contributed by atoms with Gasteiger partial charge in [-0.3, -0.25) is 9.78 Å². The molecule has 4 heteroatoms. The summed E-state index contributed by atoms with van der Waals surface area (Å²) in [6, 6.07) is 10.5. The lowest BCUT2D eigenvalue weighted by Crippen LogP contribution is -1.90. The van der Waals surface area contributed by atoms with Gasteiger partial charge in [0.15, 0.2) is 0 Å². The zero-order valence-corrected chi connectivity index (χ0v) is 13.4. The zero-order chi connectivity index (χ0) is 15.7. The highest BCUT2D eigenvalue weighted by atomic mass is 15.2. The zero-order valence-electron chi connectivity index (χ0n) is 13.4. The standard InChI is InChI=1S/2C9H10N2/c1-6-3-8-5-10-11-9(8)4-7(6)2;1-7-4-3-5-8-6-10-11(2)9(7)8/h3-5H,1-2H3,(H,10,11);3-6H,1-2H3. The van der Waals surface area contributed by atoms with E-state index in [1.807, 2.05) is 24.1 Å². The maximum atomic E-state index is 4.17. The predicted octanol–water partition coefficient (Wildman–Crippen LogP) is 4.06. The molecule has 112 valence electrons. The Morgan fingerprint density at radius 3 is 2.45 bits per heavy atom. The molecule has 0 atom stereocenters. The van der Waals surface area contributed by atoms with E-state index >= 15 is 0 Å². The molecule has 0 saturated carbocycles. The number of benzene rings is 2. The van der Waals surface area contributed by atoms with Gasteiger partial charge in [-0.15, -0.1) is 0 Å². The first-order valence-corrected chi connectivity index (χ1v) is 7.34. The van der Waals surface area contributed by atoms with Crippen molar-refractivity contribution in [2.75, 3.05) is 0 Å². The van der Waals surface area contributed by atoms with Crippen LogP contribution in [0.5, 0.6) is 0 Å². The van der Waals surface area contributed by atoms with Crippen molar-refractivity contribution in [1.82, 2.24) is 20.0 Å². The van der Waals surface area contributed by atoms with E-state index in [0.717, 1.165) is 5.52 Å². The monoisotopic (exact) mass is 292 g/mol. The van der Waals surface area contributed by atoms with Crippen molar-refractivity contribution in [3.05, 3.63) is 59.4 Å². The first kappa shape index (κ1) is 14.3. The Balaban J connectivity index is 0.000000131. The van der Waals surface area contributed by atoms with Crippen LogP contribution in [0.3, 0.4) is 0 Å². The van der Waals surface area contributed by atoms with Gasteiger partial charge in [0.05, 0.1) is 23.4 Å². The molecule has 0 radical (unpaired) electrons. The van der Waals surface area contributed by atoms with E-state index in [4.69, 9.17) is 0 Å². The Kier molecular flexibility index (Phi) is 3.67.